The highest BCUT2D eigenvalue weighted by atomic mass is 127. The van der Waals surface area contributed by atoms with Gasteiger partial charge in [-0.2, -0.15) is 0 Å². The Kier molecular flexibility index (Phi) is 7.95. The summed E-state index contributed by atoms with van der Waals surface area (Å²) < 4.78 is 0. The van der Waals surface area contributed by atoms with Crippen molar-refractivity contribution in [3.63, 3.8) is 0 Å². The molecule has 4 N–H and O–H groups in total. The van der Waals surface area contributed by atoms with Crippen LogP contribution < -0.4 is 16.4 Å². The highest BCUT2D eigenvalue weighted by Gasteiger charge is 2.14. The molecule has 0 bridgehead atoms. The van der Waals surface area contributed by atoms with Gasteiger partial charge >= 0.3 is 0 Å². The summed E-state index contributed by atoms with van der Waals surface area (Å²) in [6.07, 6.45) is 9.24. The lowest BCUT2D eigenvalue weighted by molar-refractivity contribution is 0.0949. The molecule has 0 unspecified atom stereocenters. The topological polar surface area (TPSA) is 105 Å². The Hall–Kier alpha value is -1.45. The monoisotopic (exact) mass is 404 g/mol. The Balaban J connectivity index is 0.00000220. The lowest BCUT2D eigenvalue weighted by Crippen LogP contribution is -2.39. The molecule has 0 aliphatic heterocycles. The Bertz CT molecular complexity index is 461. The van der Waals surface area contributed by atoms with E-state index < -0.39 is 0 Å². The van der Waals surface area contributed by atoms with Gasteiger partial charge in [-0.1, -0.05) is 12.8 Å². The summed E-state index contributed by atoms with van der Waals surface area (Å²) in [7, 11) is 0. The molecule has 0 radical (unpaired) electrons. The highest BCUT2D eigenvalue weighted by Crippen LogP contribution is 2.17. The van der Waals surface area contributed by atoms with E-state index in [4.69, 9.17) is 5.73 Å². The number of aliphatic imine (C=N–C) groups is 1. The fraction of sp³-hybridized carbons (Fsp3) is 0.538. The number of nitrogens with two attached hydrogens (primary N) is 1. The standard InChI is InChI=1S/C13H20N6O.HI/c14-13(19-10-3-1-2-4-10)18-8-7-17-12(20)11-9-15-5-6-16-11;/h5-6,9-10H,1-4,7-8H2,(H,17,20)(H3,14,18,19);1H. The lowest BCUT2D eigenvalue weighted by Gasteiger charge is -2.12. The van der Waals surface area contributed by atoms with Gasteiger partial charge in [-0.15, -0.1) is 24.0 Å². The molecule has 0 saturated heterocycles. The Morgan fingerprint density at radius 3 is 2.81 bits per heavy atom. The van der Waals surface area contributed by atoms with E-state index in [9.17, 15) is 4.79 Å². The van der Waals surface area contributed by atoms with E-state index in [0.717, 1.165) is 12.8 Å². The molecule has 1 heterocycles. The summed E-state index contributed by atoms with van der Waals surface area (Å²) in [5, 5.41) is 5.91. The SMILES string of the molecule is I.NC(=NCCNC(=O)c1cnccn1)NC1CCCC1. The predicted octanol–water partition coefficient (Wildman–Crippen LogP) is 0.671. The molecule has 1 aromatic heterocycles. The molecular formula is C13H21IN6O. The van der Waals surface area contributed by atoms with E-state index in [1.807, 2.05) is 0 Å². The number of amides is 1. The minimum Gasteiger partial charge on any atom is -0.370 e. The maximum atomic E-state index is 11.7. The number of aromatic nitrogens is 2. The molecule has 0 spiro atoms. The third kappa shape index (κ3) is 6.23. The Morgan fingerprint density at radius 2 is 2.14 bits per heavy atom. The van der Waals surface area contributed by atoms with Gasteiger partial charge in [0, 0.05) is 25.0 Å². The predicted molar refractivity (Wildman–Crippen MR) is 91.7 cm³/mol. The van der Waals surface area contributed by atoms with Crippen LogP contribution in [0.2, 0.25) is 0 Å². The molecule has 116 valence electrons. The van der Waals surface area contributed by atoms with Crippen molar-refractivity contribution in [3.05, 3.63) is 24.3 Å². The van der Waals surface area contributed by atoms with Gasteiger partial charge in [0.05, 0.1) is 12.7 Å². The third-order valence-electron chi connectivity index (χ3n) is 3.18. The molecule has 1 fully saturated rings. The van der Waals surface area contributed by atoms with Gasteiger partial charge in [-0.3, -0.25) is 14.8 Å². The van der Waals surface area contributed by atoms with Gasteiger partial charge in [0.1, 0.15) is 5.69 Å². The molecular weight excluding hydrogens is 383 g/mol. The zero-order chi connectivity index (χ0) is 14.2. The largest absolute Gasteiger partial charge is 0.370 e. The number of hydrogen-bond acceptors (Lipinski definition) is 4. The first-order valence-corrected chi connectivity index (χ1v) is 6.86. The first kappa shape index (κ1) is 17.6. The first-order valence-electron chi connectivity index (χ1n) is 6.86. The molecule has 0 atom stereocenters. The molecule has 1 amide bonds. The van der Waals surface area contributed by atoms with E-state index in [-0.39, 0.29) is 29.9 Å². The lowest BCUT2D eigenvalue weighted by atomic mass is 10.2. The van der Waals surface area contributed by atoms with E-state index >= 15 is 0 Å². The normalized spacial score (nSPS) is 15.3. The van der Waals surface area contributed by atoms with Crippen LogP contribution in [0, 0.1) is 0 Å². The van der Waals surface area contributed by atoms with Crippen LogP contribution in [0.5, 0.6) is 0 Å². The van der Waals surface area contributed by atoms with Crippen molar-refractivity contribution in [2.45, 2.75) is 31.7 Å². The second-order valence-electron chi connectivity index (χ2n) is 4.74. The van der Waals surface area contributed by atoms with Crippen LogP contribution in [-0.4, -0.2) is 41.0 Å². The highest BCUT2D eigenvalue weighted by molar-refractivity contribution is 14.0. The number of nitrogens with one attached hydrogen (secondary N) is 2. The minimum atomic E-state index is -0.254. The maximum absolute atomic E-state index is 11.7. The summed E-state index contributed by atoms with van der Waals surface area (Å²) >= 11 is 0. The number of carbonyl (C=O) groups excluding carboxylic acids is 1. The second-order valence-corrected chi connectivity index (χ2v) is 4.74. The van der Waals surface area contributed by atoms with Crippen molar-refractivity contribution < 1.29 is 4.79 Å². The zero-order valence-corrected chi connectivity index (χ0v) is 14.1. The van der Waals surface area contributed by atoms with Crippen molar-refractivity contribution in [2.75, 3.05) is 13.1 Å². The van der Waals surface area contributed by atoms with Gasteiger partial charge < -0.3 is 16.4 Å². The van der Waals surface area contributed by atoms with Crippen LogP contribution in [0.4, 0.5) is 0 Å². The van der Waals surface area contributed by atoms with Crippen LogP contribution in [0.1, 0.15) is 36.2 Å². The van der Waals surface area contributed by atoms with Gasteiger partial charge in [0.15, 0.2) is 5.96 Å². The molecule has 1 aliphatic rings. The third-order valence-corrected chi connectivity index (χ3v) is 3.18. The van der Waals surface area contributed by atoms with E-state index in [0.29, 0.717) is 30.8 Å². The number of rotatable bonds is 5. The fourth-order valence-corrected chi connectivity index (χ4v) is 2.18. The number of hydrogen-bond donors (Lipinski definition) is 3. The summed E-state index contributed by atoms with van der Waals surface area (Å²) in [4.78, 5) is 23.6. The molecule has 0 aromatic carbocycles. The molecule has 7 nitrogen and oxygen atoms in total. The second kappa shape index (κ2) is 9.48. The molecule has 1 saturated carbocycles. The average Bonchev–Trinajstić information content (AvgIpc) is 2.97. The van der Waals surface area contributed by atoms with Crippen LogP contribution in [-0.2, 0) is 0 Å². The van der Waals surface area contributed by atoms with Crippen molar-refractivity contribution >= 4 is 35.8 Å². The number of carbonyl (C=O) groups is 1. The van der Waals surface area contributed by atoms with Crippen LogP contribution in [0.15, 0.2) is 23.6 Å². The molecule has 1 aromatic rings. The average molecular weight is 404 g/mol. The number of nitrogens with zero attached hydrogens (tertiary/aromatic N) is 3. The van der Waals surface area contributed by atoms with Crippen molar-refractivity contribution in [2.24, 2.45) is 10.7 Å². The van der Waals surface area contributed by atoms with Crippen LogP contribution >= 0.6 is 24.0 Å². The molecule has 2 rings (SSSR count). The van der Waals surface area contributed by atoms with Crippen molar-refractivity contribution in [3.8, 4) is 0 Å². The quantitative estimate of drug-likeness (QED) is 0.290. The molecule has 8 heteroatoms. The number of guanidine groups is 1. The van der Waals surface area contributed by atoms with Gasteiger partial charge in [-0.25, -0.2) is 4.98 Å². The minimum absolute atomic E-state index is 0. The zero-order valence-electron chi connectivity index (χ0n) is 11.8. The smallest absolute Gasteiger partial charge is 0.271 e. The van der Waals surface area contributed by atoms with Crippen LogP contribution in [0.3, 0.4) is 0 Å². The summed E-state index contributed by atoms with van der Waals surface area (Å²) in [5.74, 6) is 0.196. The van der Waals surface area contributed by atoms with E-state index in [2.05, 4.69) is 25.6 Å². The number of halogens is 1. The maximum Gasteiger partial charge on any atom is 0.271 e. The summed E-state index contributed by atoms with van der Waals surface area (Å²) in [6.45, 7) is 0.861. The van der Waals surface area contributed by atoms with Gasteiger partial charge in [-0.05, 0) is 12.8 Å². The van der Waals surface area contributed by atoms with Crippen molar-refractivity contribution in [1.29, 1.82) is 0 Å². The summed E-state index contributed by atoms with van der Waals surface area (Å²) in [6, 6.07) is 0.452. The molecule has 21 heavy (non-hydrogen) atoms. The van der Waals surface area contributed by atoms with Crippen LogP contribution in [0.25, 0.3) is 0 Å². The van der Waals surface area contributed by atoms with Crippen molar-refractivity contribution in [1.82, 2.24) is 20.6 Å². The first-order chi connectivity index (χ1) is 9.75. The summed E-state index contributed by atoms with van der Waals surface area (Å²) in [5.41, 5.74) is 6.08. The fourth-order valence-electron chi connectivity index (χ4n) is 2.18. The van der Waals surface area contributed by atoms with Gasteiger partial charge in [0.2, 0.25) is 0 Å². The Morgan fingerprint density at radius 1 is 1.38 bits per heavy atom. The molecule has 1 aliphatic carbocycles. The van der Waals surface area contributed by atoms with E-state index in [1.165, 1.54) is 31.4 Å². The van der Waals surface area contributed by atoms with Gasteiger partial charge in [0.25, 0.3) is 5.91 Å². The Labute approximate surface area is 141 Å². The van der Waals surface area contributed by atoms with E-state index in [1.54, 1.807) is 0 Å².